The summed E-state index contributed by atoms with van der Waals surface area (Å²) in [5.41, 5.74) is 0.844. The fraction of sp³-hybridized carbons (Fsp3) is 0.457. The number of pyridine rings is 1. The van der Waals surface area contributed by atoms with Gasteiger partial charge in [-0.15, -0.1) is 0 Å². The van der Waals surface area contributed by atoms with Gasteiger partial charge in [0, 0.05) is 56.3 Å². The minimum Gasteiger partial charge on any atom is -0.497 e. The van der Waals surface area contributed by atoms with Crippen LogP contribution in [0.15, 0.2) is 71.9 Å². The smallest absolute Gasteiger partial charge is 0.261 e. The maximum absolute atomic E-state index is 14.4. The molecule has 1 aliphatic heterocycles. The molecule has 0 radical (unpaired) electrons. The molecule has 2 amide bonds. The Labute approximate surface area is 283 Å². The SMILES string of the molecule is COc1ccc(S(=O)(=O)Nc2ccc3c(c2)C(=O)N([C@@H](C)CO)C[C@@H](C)[C@@H](CN(C)C(=O)c2ccncc2)OCCCC[C@H](C)O3)cc1. The Kier molecular flexibility index (Phi) is 12.8. The van der Waals surface area contributed by atoms with E-state index in [1.54, 1.807) is 72.6 Å². The van der Waals surface area contributed by atoms with Crippen molar-refractivity contribution in [2.45, 2.75) is 63.2 Å². The molecule has 1 aromatic heterocycles. The Morgan fingerprint density at radius 2 is 1.83 bits per heavy atom. The van der Waals surface area contributed by atoms with Gasteiger partial charge in [0.25, 0.3) is 21.8 Å². The van der Waals surface area contributed by atoms with Gasteiger partial charge >= 0.3 is 0 Å². The van der Waals surface area contributed by atoms with Gasteiger partial charge < -0.3 is 29.1 Å². The van der Waals surface area contributed by atoms with Crippen molar-refractivity contribution in [1.82, 2.24) is 14.8 Å². The van der Waals surface area contributed by atoms with Gasteiger partial charge in [-0.05, 0) is 87.7 Å². The number of carbonyl (C=O) groups excluding carboxylic acids is 2. The molecule has 0 aliphatic carbocycles. The normalized spacial score (nSPS) is 20.1. The van der Waals surface area contributed by atoms with E-state index < -0.39 is 28.1 Å². The highest BCUT2D eigenvalue weighted by atomic mass is 32.2. The predicted molar refractivity (Wildman–Crippen MR) is 182 cm³/mol. The summed E-state index contributed by atoms with van der Waals surface area (Å²) in [6.45, 7) is 6.24. The molecule has 0 fully saturated rings. The number of sulfonamides is 1. The number of aliphatic hydroxyl groups excluding tert-OH is 1. The van der Waals surface area contributed by atoms with Crippen LogP contribution in [-0.2, 0) is 14.8 Å². The zero-order valence-corrected chi connectivity index (χ0v) is 29.0. The Morgan fingerprint density at radius 1 is 1.12 bits per heavy atom. The molecule has 0 bridgehead atoms. The molecule has 3 aromatic rings. The Bertz CT molecular complexity index is 1620. The third-order valence-corrected chi connectivity index (χ3v) is 9.80. The summed E-state index contributed by atoms with van der Waals surface area (Å²) in [5.74, 6) is -0.0279. The first kappa shape index (κ1) is 36.6. The fourth-order valence-corrected chi connectivity index (χ4v) is 6.53. The fourth-order valence-electron chi connectivity index (χ4n) is 5.49. The number of likely N-dealkylation sites (N-methyl/N-ethyl adjacent to an activating group) is 1. The van der Waals surface area contributed by atoms with Crippen LogP contribution in [-0.4, -0.2) is 98.8 Å². The molecule has 2 N–H and O–H groups in total. The van der Waals surface area contributed by atoms with Crippen molar-refractivity contribution in [3.63, 3.8) is 0 Å². The van der Waals surface area contributed by atoms with Crippen LogP contribution in [0.25, 0.3) is 0 Å². The molecule has 48 heavy (non-hydrogen) atoms. The summed E-state index contributed by atoms with van der Waals surface area (Å²) in [5, 5.41) is 10.2. The van der Waals surface area contributed by atoms with Crippen LogP contribution in [0.2, 0.25) is 0 Å². The van der Waals surface area contributed by atoms with Crippen molar-refractivity contribution in [1.29, 1.82) is 0 Å². The summed E-state index contributed by atoms with van der Waals surface area (Å²) < 4.78 is 46.8. The van der Waals surface area contributed by atoms with Crippen molar-refractivity contribution < 1.29 is 37.3 Å². The molecular formula is C35H46N4O8S. The molecule has 260 valence electrons. The molecule has 1 aliphatic rings. The van der Waals surface area contributed by atoms with E-state index in [4.69, 9.17) is 14.2 Å². The van der Waals surface area contributed by atoms with Crippen LogP contribution in [0.5, 0.6) is 11.5 Å². The molecule has 2 aromatic carbocycles. The van der Waals surface area contributed by atoms with Crippen LogP contribution >= 0.6 is 0 Å². The average Bonchev–Trinajstić information content (AvgIpc) is 3.09. The number of hydrogen-bond donors (Lipinski definition) is 2. The number of ether oxygens (including phenoxy) is 3. The van der Waals surface area contributed by atoms with Gasteiger partial charge in [-0.3, -0.25) is 19.3 Å². The van der Waals surface area contributed by atoms with E-state index in [1.807, 2.05) is 13.8 Å². The molecule has 2 heterocycles. The van der Waals surface area contributed by atoms with Gasteiger partial charge in [0.2, 0.25) is 0 Å². The monoisotopic (exact) mass is 682 g/mol. The third kappa shape index (κ3) is 9.45. The Hall–Kier alpha value is -4.20. The number of hydrogen-bond acceptors (Lipinski definition) is 9. The van der Waals surface area contributed by atoms with Gasteiger partial charge in [0.05, 0.1) is 42.4 Å². The zero-order chi connectivity index (χ0) is 34.8. The number of nitrogens with zero attached hydrogens (tertiary/aromatic N) is 3. The average molecular weight is 683 g/mol. The molecule has 0 unspecified atom stereocenters. The van der Waals surface area contributed by atoms with Crippen molar-refractivity contribution in [2.24, 2.45) is 5.92 Å². The van der Waals surface area contributed by atoms with Crippen molar-refractivity contribution in [3.8, 4) is 11.5 Å². The van der Waals surface area contributed by atoms with Gasteiger partial charge in [-0.25, -0.2) is 8.42 Å². The molecule has 4 rings (SSSR count). The van der Waals surface area contributed by atoms with E-state index in [-0.39, 0.29) is 53.8 Å². The predicted octanol–water partition coefficient (Wildman–Crippen LogP) is 4.46. The second-order valence-electron chi connectivity index (χ2n) is 12.2. The number of rotatable bonds is 9. The number of aromatic nitrogens is 1. The van der Waals surface area contributed by atoms with E-state index in [9.17, 15) is 23.1 Å². The standard InChI is InChI=1S/C35H46N4O8S/c1-24-21-39(25(2)23-40)35(42)31-20-28(37-48(43,44)30-12-10-29(45-5)11-13-30)9-14-32(31)47-26(3)8-6-7-19-46-33(24)22-38(4)34(41)27-15-17-36-18-16-27/h9-18,20,24-26,33,37,40H,6-8,19,21-23H2,1-5H3/t24-,25+,26+,33-/m1/s1. The molecule has 0 saturated carbocycles. The quantitative estimate of drug-likeness (QED) is 0.334. The molecule has 12 nitrogen and oxygen atoms in total. The van der Waals surface area contributed by atoms with Gasteiger partial charge in [-0.1, -0.05) is 6.92 Å². The lowest BCUT2D eigenvalue weighted by Crippen LogP contribution is -2.48. The van der Waals surface area contributed by atoms with Crippen LogP contribution in [0.3, 0.4) is 0 Å². The lowest BCUT2D eigenvalue weighted by Gasteiger charge is -2.36. The van der Waals surface area contributed by atoms with Crippen LogP contribution in [0.1, 0.15) is 60.7 Å². The molecule has 0 spiro atoms. The molecule has 0 saturated heterocycles. The highest BCUT2D eigenvalue weighted by molar-refractivity contribution is 7.92. The summed E-state index contributed by atoms with van der Waals surface area (Å²) in [6.07, 6.45) is 4.75. The molecule has 4 atom stereocenters. The minimum absolute atomic E-state index is 0.0300. The lowest BCUT2D eigenvalue weighted by molar-refractivity contribution is -0.0149. The number of amides is 2. The number of anilines is 1. The zero-order valence-electron chi connectivity index (χ0n) is 28.2. The maximum Gasteiger partial charge on any atom is 0.261 e. The number of carbonyl (C=O) groups is 2. The molecular weight excluding hydrogens is 636 g/mol. The van der Waals surface area contributed by atoms with Gasteiger partial charge in [0.1, 0.15) is 11.5 Å². The lowest BCUT2D eigenvalue weighted by atomic mass is 10.0. The van der Waals surface area contributed by atoms with E-state index in [0.717, 1.165) is 12.8 Å². The Morgan fingerprint density at radius 3 is 2.50 bits per heavy atom. The van der Waals surface area contributed by atoms with Crippen LogP contribution < -0.4 is 14.2 Å². The van der Waals surface area contributed by atoms with Gasteiger partial charge in [0.15, 0.2) is 0 Å². The van der Waals surface area contributed by atoms with Crippen molar-refractivity contribution in [2.75, 3.05) is 45.2 Å². The maximum atomic E-state index is 14.4. The first-order valence-electron chi connectivity index (χ1n) is 16.1. The van der Waals surface area contributed by atoms with Gasteiger partial charge in [-0.2, -0.15) is 0 Å². The Balaban J connectivity index is 1.65. The summed E-state index contributed by atoms with van der Waals surface area (Å²) in [6, 6.07) is 13.3. The van der Waals surface area contributed by atoms with E-state index >= 15 is 0 Å². The number of nitrogens with one attached hydrogen (secondary N) is 1. The van der Waals surface area contributed by atoms with E-state index in [2.05, 4.69) is 9.71 Å². The van der Waals surface area contributed by atoms with Crippen LogP contribution in [0, 0.1) is 5.92 Å². The highest BCUT2D eigenvalue weighted by Crippen LogP contribution is 2.30. The third-order valence-electron chi connectivity index (χ3n) is 8.40. The number of methoxy groups -OCH3 is 1. The second kappa shape index (κ2) is 16.8. The topological polar surface area (TPSA) is 148 Å². The molecule has 13 heteroatoms. The van der Waals surface area contributed by atoms with E-state index in [0.29, 0.717) is 30.1 Å². The highest BCUT2D eigenvalue weighted by Gasteiger charge is 2.31. The van der Waals surface area contributed by atoms with E-state index in [1.165, 1.54) is 25.3 Å². The largest absolute Gasteiger partial charge is 0.497 e. The summed E-state index contributed by atoms with van der Waals surface area (Å²) in [4.78, 5) is 34.7. The summed E-state index contributed by atoms with van der Waals surface area (Å²) >= 11 is 0. The first-order chi connectivity index (χ1) is 22.9. The van der Waals surface area contributed by atoms with Crippen LogP contribution in [0.4, 0.5) is 5.69 Å². The number of aliphatic hydroxyl groups is 1. The number of fused-ring (bicyclic) bond motifs is 1. The minimum atomic E-state index is -3.99. The second-order valence-corrected chi connectivity index (χ2v) is 13.9. The van der Waals surface area contributed by atoms with Crippen molar-refractivity contribution in [3.05, 3.63) is 78.1 Å². The number of benzene rings is 2. The first-order valence-corrected chi connectivity index (χ1v) is 17.6. The van der Waals surface area contributed by atoms with Crippen molar-refractivity contribution >= 4 is 27.5 Å². The summed E-state index contributed by atoms with van der Waals surface area (Å²) in [7, 11) is -0.784.